The normalized spacial score (nSPS) is 11.7. The summed E-state index contributed by atoms with van der Waals surface area (Å²) in [5, 5.41) is 0. The standard InChI is InChI=1S/C18H24N2O3/c1-20(2)14-8-6-12(7-9-14)17(19)13-10-15(21-3)18(23-5)16(11-13)22-4/h6-11,17H,19H2,1-5H3. The number of hydrogen-bond acceptors (Lipinski definition) is 5. The van der Waals surface area contributed by atoms with Gasteiger partial charge in [-0.2, -0.15) is 0 Å². The molecular formula is C18H24N2O3. The van der Waals surface area contributed by atoms with Crippen molar-refractivity contribution in [2.75, 3.05) is 40.3 Å². The molecule has 2 aromatic carbocycles. The first-order chi connectivity index (χ1) is 11.0. The summed E-state index contributed by atoms with van der Waals surface area (Å²) in [6, 6.07) is 11.6. The quantitative estimate of drug-likeness (QED) is 0.888. The van der Waals surface area contributed by atoms with E-state index in [1.165, 1.54) is 0 Å². The third-order valence-electron chi connectivity index (χ3n) is 3.81. The van der Waals surface area contributed by atoms with E-state index in [-0.39, 0.29) is 6.04 Å². The van der Waals surface area contributed by atoms with E-state index in [0.29, 0.717) is 17.2 Å². The summed E-state index contributed by atoms with van der Waals surface area (Å²) in [7, 11) is 8.79. The predicted molar refractivity (Wildman–Crippen MR) is 92.9 cm³/mol. The zero-order valence-corrected chi connectivity index (χ0v) is 14.3. The van der Waals surface area contributed by atoms with Gasteiger partial charge < -0.3 is 24.8 Å². The zero-order chi connectivity index (χ0) is 17.0. The van der Waals surface area contributed by atoms with Gasteiger partial charge in [0.1, 0.15) is 0 Å². The Morgan fingerprint density at radius 1 is 0.826 bits per heavy atom. The Kier molecular flexibility index (Phi) is 5.34. The van der Waals surface area contributed by atoms with Gasteiger partial charge in [0, 0.05) is 19.8 Å². The summed E-state index contributed by atoms with van der Waals surface area (Å²) in [4.78, 5) is 2.05. The fourth-order valence-corrected chi connectivity index (χ4v) is 2.45. The average Bonchev–Trinajstić information content (AvgIpc) is 2.59. The molecule has 124 valence electrons. The monoisotopic (exact) mass is 316 g/mol. The SMILES string of the molecule is COc1cc(C(N)c2ccc(N(C)C)cc2)cc(OC)c1OC. The van der Waals surface area contributed by atoms with Crippen LogP contribution in [-0.2, 0) is 0 Å². The van der Waals surface area contributed by atoms with Crippen LogP contribution in [0.1, 0.15) is 17.2 Å². The molecule has 0 spiro atoms. The molecule has 1 unspecified atom stereocenters. The molecule has 0 fully saturated rings. The van der Waals surface area contributed by atoms with Crippen molar-refractivity contribution in [3.63, 3.8) is 0 Å². The first-order valence-corrected chi connectivity index (χ1v) is 7.34. The van der Waals surface area contributed by atoms with Crippen LogP contribution in [0.2, 0.25) is 0 Å². The summed E-state index contributed by atoms with van der Waals surface area (Å²) in [5.74, 6) is 1.76. The summed E-state index contributed by atoms with van der Waals surface area (Å²) in [6.07, 6.45) is 0. The number of hydrogen-bond donors (Lipinski definition) is 1. The molecule has 0 aliphatic heterocycles. The van der Waals surface area contributed by atoms with E-state index in [1.54, 1.807) is 21.3 Å². The van der Waals surface area contributed by atoms with Crippen LogP contribution in [0.3, 0.4) is 0 Å². The summed E-state index contributed by atoms with van der Waals surface area (Å²) in [5.41, 5.74) is 9.46. The van der Waals surface area contributed by atoms with Crippen molar-refractivity contribution in [1.29, 1.82) is 0 Å². The Hall–Kier alpha value is -2.40. The Bertz CT molecular complexity index is 629. The van der Waals surface area contributed by atoms with Crippen molar-refractivity contribution in [3.05, 3.63) is 47.5 Å². The van der Waals surface area contributed by atoms with E-state index in [9.17, 15) is 0 Å². The second-order valence-electron chi connectivity index (χ2n) is 5.42. The van der Waals surface area contributed by atoms with Crippen LogP contribution < -0.4 is 24.8 Å². The third-order valence-corrected chi connectivity index (χ3v) is 3.81. The minimum atomic E-state index is -0.278. The largest absolute Gasteiger partial charge is 0.493 e. The molecule has 0 saturated heterocycles. The van der Waals surface area contributed by atoms with Gasteiger partial charge in [-0.25, -0.2) is 0 Å². The smallest absolute Gasteiger partial charge is 0.203 e. The van der Waals surface area contributed by atoms with E-state index in [1.807, 2.05) is 50.5 Å². The molecule has 5 heteroatoms. The average molecular weight is 316 g/mol. The molecule has 0 bridgehead atoms. The van der Waals surface area contributed by atoms with Gasteiger partial charge in [-0.05, 0) is 35.4 Å². The van der Waals surface area contributed by atoms with Gasteiger partial charge in [0.15, 0.2) is 11.5 Å². The lowest BCUT2D eigenvalue weighted by Gasteiger charge is -2.19. The number of rotatable bonds is 6. The van der Waals surface area contributed by atoms with Crippen LogP contribution in [0.5, 0.6) is 17.2 Å². The van der Waals surface area contributed by atoms with Crippen LogP contribution >= 0.6 is 0 Å². The van der Waals surface area contributed by atoms with Gasteiger partial charge in [-0.15, -0.1) is 0 Å². The first-order valence-electron chi connectivity index (χ1n) is 7.34. The van der Waals surface area contributed by atoms with Crippen molar-refractivity contribution in [2.45, 2.75) is 6.04 Å². The minimum Gasteiger partial charge on any atom is -0.493 e. The van der Waals surface area contributed by atoms with E-state index in [4.69, 9.17) is 19.9 Å². The molecule has 0 radical (unpaired) electrons. The fraction of sp³-hybridized carbons (Fsp3) is 0.333. The highest BCUT2D eigenvalue weighted by molar-refractivity contribution is 5.56. The van der Waals surface area contributed by atoms with Crippen LogP contribution in [0.15, 0.2) is 36.4 Å². The van der Waals surface area contributed by atoms with Crippen molar-refractivity contribution < 1.29 is 14.2 Å². The number of anilines is 1. The number of nitrogens with two attached hydrogens (primary N) is 1. The molecule has 5 nitrogen and oxygen atoms in total. The molecule has 1 atom stereocenters. The summed E-state index contributed by atoms with van der Waals surface area (Å²) >= 11 is 0. The molecule has 0 aliphatic rings. The second kappa shape index (κ2) is 7.24. The fourth-order valence-electron chi connectivity index (χ4n) is 2.45. The minimum absolute atomic E-state index is 0.278. The van der Waals surface area contributed by atoms with Gasteiger partial charge in [-0.1, -0.05) is 12.1 Å². The Balaban J connectivity index is 2.40. The van der Waals surface area contributed by atoms with Crippen molar-refractivity contribution in [1.82, 2.24) is 0 Å². The lowest BCUT2D eigenvalue weighted by molar-refractivity contribution is 0.323. The Morgan fingerprint density at radius 2 is 1.35 bits per heavy atom. The van der Waals surface area contributed by atoms with Crippen LogP contribution in [0, 0.1) is 0 Å². The van der Waals surface area contributed by atoms with E-state index >= 15 is 0 Å². The molecule has 23 heavy (non-hydrogen) atoms. The van der Waals surface area contributed by atoms with Crippen molar-refractivity contribution in [2.24, 2.45) is 5.73 Å². The van der Waals surface area contributed by atoms with E-state index in [0.717, 1.165) is 16.8 Å². The highest BCUT2D eigenvalue weighted by Crippen LogP contribution is 2.40. The summed E-state index contributed by atoms with van der Waals surface area (Å²) < 4.78 is 16.1. The van der Waals surface area contributed by atoms with Gasteiger partial charge in [0.05, 0.1) is 27.4 Å². The molecule has 2 N–H and O–H groups in total. The topological polar surface area (TPSA) is 57.0 Å². The van der Waals surface area contributed by atoms with Crippen molar-refractivity contribution >= 4 is 5.69 Å². The lowest BCUT2D eigenvalue weighted by atomic mass is 9.98. The molecule has 2 aromatic rings. The van der Waals surface area contributed by atoms with Gasteiger partial charge in [-0.3, -0.25) is 0 Å². The highest BCUT2D eigenvalue weighted by atomic mass is 16.5. The first kappa shape index (κ1) is 17.0. The maximum absolute atomic E-state index is 6.42. The lowest BCUT2D eigenvalue weighted by Crippen LogP contribution is -2.13. The molecule has 0 aromatic heterocycles. The number of benzene rings is 2. The second-order valence-corrected chi connectivity index (χ2v) is 5.42. The third kappa shape index (κ3) is 3.51. The van der Waals surface area contributed by atoms with Crippen LogP contribution in [-0.4, -0.2) is 35.4 Å². The number of ether oxygens (including phenoxy) is 3. The molecule has 0 amide bonds. The van der Waals surface area contributed by atoms with Crippen molar-refractivity contribution in [3.8, 4) is 17.2 Å². The van der Waals surface area contributed by atoms with E-state index in [2.05, 4.69) is 4.90 Å². The maximum Gasteiger partial charge on any atom is 0.203 e. The summed E-state index contributed by atoms with van der Waals surface area (Å²) in [6.45, 7) is 0. The van der Waals surface area contributed by atoms with E-state index < -0.39 is 0 Å². The molecule has 0 heterocycles. The number of nitrogens with zero attached hydrogens (tertiary/aromatic N) is 1. The van der Waals surface area contributed by atoms with Crippen LogP contribution in [0.25, 0.3) is 0 Å². The van der Waals surface area contributed by atoms with Crippen LogP contribution in [0.4, 0.5) is 5.69 Å². The molecule has 2 rings (SSSR count). The highest BCUT2D eigenvalue weighted by Gasteiger charge is 2.17. The van der Waals surface area contributed by atoms with Gasteiger partial charge >= 0.3 is 0 Å². The Labute approximate surface area is 137 Å². The zero-order valence-electron chi connectivity index (χ0n) is 14.3. The Morgan fingerprint density at radius 3 is 1.74 bits per heavy atom. The predicted octanol–water partition coefficient (Wildman–Crippen LogP) is 2.83. The van der Waals surface area contributed by atoms with Gasteiger partial charge in [0.25, 0.3) is 0 Å². The maximum atomic E-state index is 6.42. The van der Waals surface area contributed by atoms with Gasteiger partial charge in [0.2, 0.25) is 5.75 Å². The molecule has 0 saturated carbocycles. The molecular weight excluding hydrogens is 292 g/mol. The molecule has 0 aliphatic carbocycles. The number of methoxy groups -OCH3 is 3.